The van der Waals surface area contributed by atoms with Crippen molar-refractivity contribution in [3.8, 4) is 11.1 Å². The molecule has 1 aliphatic rings. The zero-order valence-corrected chi connectivity index (χ0v) is 15.3. The van der Waals surface area contributed by atoms with Gasteiger partial charge >= 0.3 is 0 Å². The fourth-order valence-electron chi connectivity index (χ4n) is 4.03. The van der Waals surface area contributed by atoms with Crippen LogP contribution in [0.2, 0.25) is 5.02 Å². The summed E-state index contributed by atoms with van der Waals surface area (Å²) in [6.07, 6.45) is 14.4. The molecule has 128 valence electrons. The second-order valence-electron chi connectivity index (χ2n) is 7.08. The van der Waals surface area contributed by atoms with E-state index in [1.54, 1.807) is 6.20 Å². The van der Waals surface area contributed by atoms with E-state index in [4.69, 9.17) is 11.6 Å². The summed E-state index contributed by atoms with van der Waals surface area (Å²) in [7, 11) is 0. The Hall–Kier alpha value is -1.41. The largest absolute Gasteiger partial charge is 0.159 e. The molecule has 1 aromatic heterocycles. The highest BCUT2D eigenvalue weighted by Crippen LogP contribution is 2.41. The SMILES string of the molecule is CCCCCC1CCC(c2ccc(Cl)cc2-c2ccnnc2)CC1. The topological polar surface area (TPSA) is 25.8 Å². The van der Waals surface area contributed by atoms with Crippen molar-refractivity contribution in [3.05, 3.63) is 47.2 Å². The van der Waals surface area contributed by atoms with Crippen LogP contribution in [0.1, 0.15) is 69.8 Å². The van der Waals surface area contributed by atoms with Gasteiger partial charge in [-0.1, -0.05) is 50.3 Å². The summed E-state index contributed by atoms with van der Waals surface area (Å²) in [6.45, 7) is 2.28. The Balaban J connectivity index is 1.72. The monoisotopic (exact) mass is 342 g/mol. The maximum Gasteiger partial charge on any atom is 0.0574 e. The van der Waals surface area contributed by atoms with E-state index in [9.17, 15) is 0 Å². The van der Waals surface area contributed by atoms with Gasteiger partial charge in [0.1, 0.15) is 0 Å². The number of hydrogen-bond acceptors (Lipinski definition) is 2. The van der Waals surface area contributed by atoms with Gasteiger partial charge in [0.25, 0.3) is 0 Å². The first kappa shape index (κ1) is 17.4. The van der Waals surface area contributed by atoms with Gasteiger partial charge in [0.15, 0.2) is 0 Å². The van der Waals surface area contributed by atoms with Crippen LogP contribution in [0, 0.1) is 5.92 Å². The highest BCUT2D eigenvalue weighted by molar-refractivity contribution is 6.30. The summed E-state index contributed by atoms with van der Waals surface area (Å²) in [4.78, 5) is 0. The van der Waals surface area contributed by atoms with Crippen LogP contribution in [0.25, 0.3) is 11.1 Å². The van der Waals surface area contributed by atoms with Crippen molar-refractivity contribution in [3.63, 3.8) is 0 Å². The Morgan fingerprint density at radius 2 is 1.88 bits per heavy atom. The lowest BCUT2D eigenvalue weighted by molar-refractivity contribution is 0.303. The number of halogens is 1. The van der Waals surface area contributed by atoms with Gasteiger partial charge in [-0.15, -0.1) is 0 Å². The molecule has 1 fully saturated rings. The average molecular weight is 343 g/mol. The van der Waals surface area contributed by atoms with Crippen molar-refractivity contribution in [2.75, 3.05) is 0 Å². The summed E-state index contributed by atoms with van der Waals surface area (Å²) in [5.41, 5.74) is 3.78. The van der Waals surface area contributed by atoms with E-state index in [-0.39, 0.29) is 0 Å². The lowest BCUT2D eigenvalue weighted by atomic mass is 9.75. The Morgan fingerprint density at radius 1 is 1.04 bits per heavy atom. The fraction of sp³-hybridized carbons (Fsp3) is 0.524. The fourth-order valence-corrected chi connectivity index (χ4v) is 4.20. The van der Waals surface area contributed by atoms with Gasteiger partial charge in [-0.05, 0) is 66.8 Å². The van der Waals surface area contributed by atoms with Crippen LogP contribution in [0.15, 0.2) is 36.7 Å². The molecule has 3 rings (SSSR count). The molecule has 3 heteroatoms. The first-order valence-corrected chi connectivity index (χ1v) is 9.72. The van der Waals surface area contributed by atoms with Crippen molar-refractivity contribution in [2.24, 2.45) is 5.92 Å². The first-order valence-electron chi connectivity index (χ1n) is 9.34. The van der Waals surface area contributed by atoms with Crippen molar-refractivity contribution in [1.29, 1.82) is 0 Å². The normalized spacial score (nSPS) is 20.9. The number of unbranched alkanes of at least 4 members (excludes halogenated alkanes) is 2. The van der Waals surface area contributed by atoms with Gasteiger partial charge in [-0.3, -0.25) is 0 Å². The van der Waals surface area contributed by atoms with Crippen LogP contribution in [-0.4, -0.2) is 10.2 Å². The third-order valence-electron chi connectivity index (χ3n) is 5.41. The highest BCUT2D eigenvalue weighted by Gasteiger charge is 2.24. The van der Waals surface area contributed by atoms with E-state index in [2.05, 4.69) is 29.3 Å². The van der Waals surface area contributed by atoms with Crippen LogP contribution in [-0.2, 0) is 0 Å². The summed E-state index contributed by atoms with van der Waals surface area (Å²) >= 11 is 6.26. The molecule has 1 heterocycles. The summed E-state index contributed by atoms with van der Waals surface area (Å²) < 4.78 is 0. The van der Waals surface area contributed by atoms with Gasteiger partial charge in [0.05, 0.1) is 12.4 Å². The number of hydrogen-bond donors (Lipinski definition) is 0. The predicted octanol–water partition coefficient (Wildman–Crippen LogP) is 6.65. The maximum atomic E-state index is 6.26. The van der Waals surface area contributed by atoms with E-state index in [1.165, 1.54) is 62.5 Å². The molecular weight excluding hydrogens is 316 g/mol. The number of aromatic nitrogens is 2. The lowest BCUT2D eigenvalue weighted by Gasteiger charge is -2.30. The van der Waals surface area contributed by atoms with Crippen LogP contribution in [0.4, 0.5) is 0 Å². The molecule has 0 N–H and O–H groups in total. The Morgan fingerprint density at radius 3 is 2.58 bits per heavy atom. The predicted molar refractivity (Wildman–Crippen MR) is 101 cm³/mol. The number of rotatable bonds is 6. The molecule has 0 amide bonds. The second-order valence-corrected chi connectivity index (χ2v) is 7.51. The second kappa shape index (κ2) is 8.62. The highest BCUT2D eigenvalue weighted by atomic mass is 35.5. The minimum atomic E-state index is 0.646. The summed E-state index contributed by atoms with van der Waals surface area (Å²) in [5, 5.41) is 8.73. The van der Waals surface area contributed by atoms with Crippen molar-refractivity contribution >= 4 is 11.6 Å². The van der Waals surface area contributed by atoms with Crippen LogP contribution >= 0.6 is 11.6 Å². The van der Waals surface area contributed by atoms with E-state index in [1.807, 2.05) is 18.3 Å². The molecule has 0 radical (unpaired) electrons. The average Bonchev–Trinajstić information content (AvgIpc) is 2.63. The molecule has 1 aliphatic carbocycles. The first-order chi connectivity index (χ1) is 11.8. The molecule has 1 saturated carbocycles. The van der Waals surface area contributed by atoms with Gasteiger partial charge in [-0.2, -0.15) is 10.2 Å². The molecule has 24 heavy (non-hydrogen) atoms. The Kier molecular flexibility index (Phi) is 6.25. The van der Waals surface area contributed by atoms with Crippen molar-refractivity contribution < 1.29 is 0 Å². The lowest BCUT2D eigenvalue weighted by Crippen LogP contribution is -2.14. The quantitative estimate of drug-likeness (QED) is 0.549. The van der Waals surface area contributed by atoms with Crippen molar-refractivity contribution in [1.82, 2.24) is 10.2 Å². The van der Waals surface area contributed by atoms with E-state index < -0.39 is 0 Å². The number of nitrogens with zero attached hydrogens (tertiary/aromatic N) is 2. The number of benzene rings is 1. The van der Waals surface area contributed by atoms with Crippen LogP contribution < -0.4 is 0 Å². The zero-order chi connectivity index (χ0) is 16.8. The Labute approximate surface area is 150 Å². The minimum absolute atomic E-state index is 0.646. The molecule has 2 nitrogen and oxygen atoms in total. The van der Waals surface area contributed by atoms with Gasteiger partial charge in [0.2, 0.25) is 0 Å². The summed E-state index contributed by atoms with van der Waals surface area (Å²) in [5.74, 6) is 1.58. The molecule has 0 aliphatic heterocycles. The molecule has 0 atom stereocenters. The molecule has 0 spiro atoms. The Bertz CT molecular complexity index is 634. The minimum Gasteiger partial charge on any atom is -0.159 e. The smallest absolute Gasteiger partial charge is 0.0574 e. The third-order valence-corrected chi connectivity index (χ3v) is 5.65. The van der Waals surface area contributed by atoms with Crippen molar-refractivity contribution in [2.45, 2.75) is 64.2 Å². The molecule has 0 bridgehead atoms. The van der Waals surface area contributed by atoms with Crippen LogP contribution in [0.5, 0.6) is 0 Å². The van der Waals surface area contributed by atoms with Gasteiger partial charge < -0.3 is 0 Å². The van der Waals surface area contributed by atoms with E-state index in [0.717, 1.165) is 16.5 Å². The standard InChI is InChI=1S/C21H27ClN2/c1-2-3-4-5-16-6-8-17(9-7-16)20-11-10-19(22)14-21(20)18-12-13-23-24-15-18/h10-17H,2-9H2,1H3. The van der Waals surface area contributed by atoms with E-state index in [0.29, 0.717) is 5.92 Å². The molecule has 1 aromatic carbocycles. The summed E-state index contributed by atoms with van der Waals surface area (Å²) in [6, 6.07) is 8.36. The maximum absolute atomic E-state index is 6.26. The van der Waals surface area contributed by atoms with Crippen LogP contribution in [0.3, 0.4) is 0 Å². The molecule has 2 aromatic rings. The third kappa shape index (κ3) is 4.36. The molecule has 0 saturated heterocycles. The van der Waals surface area contributed by atoms with Gasteiger partial charge in [-0.25, -0.2) is 0 Å². The van der Waals surface area contributed by atoms with Gasteiger partial charge in [0, 0.05) is 10.6 Å². The van der Waals surface area contributed by atoms with E-state index >= 15 is 0 Å². The zero-order valence-electron chi connectivity index (χ0n) is 14.5. The molecule has 0 unspecified atom stereocenters. The molecular formula is C21H27ClN2.